The number of anilines is 1. The molecule has 1 heterocycles. The minimum atomic E-state index is -0.962. The van der Waals surface area contributed by atoms with E-state index in [4.69, 9.17) is 4.42 Å². The molecule has 3 rings (SSSR count). The van der Waals surface area contributed by atoms with Gasteiger partial charge in [0.15, 0.2) is 0 Å². The topological polar surface area (TPSA) is 85.4 Å². The minimum absolute atomic E-state index is 0.179. The van der Waals surface area contributed by atoms with Gasteiger partial charge in [-0.25, -0.2) is 4.79 Å². The first kappa shape index (κ1) is 14.8. The highest BCUT2D eigenvalue weighted by Crippen LogP contribution is 2.32. The fourth-order valence-electron chi connectivity index (χ4n) is 2.49. The summed E-state index contributed by atoms with van der Waals surface area (Å²) >= 11 is 0. The Bertz CT molecular complexity index is 919. The molecule has 0 unspecified atom stereocenters. The fraction of sp³-hybridized carbons (Fsp3) is 0.118. The van der Waals surface area contributed by atoms with E-state index in [2.05, 4.69) is 5.32 Å². The van der Waals surface area contributed by atoms with Crippen LogP contribution in [-0.2, 0) is 0 Å². The van der Waals surface area contributed by atoms with E-state index in [1.807, 2.05) is 37.3 Å². The van der Waals surface area contributed by atoms with Crippen LogP contribution in [0, 0.1) is 10.1 Å². The lowest BCUT2D eigenvalue weighted by Crippen LogP contribution is -2.14. The zero-order chi connectivity index (χ0) is 16.4. The van der Waals surface area contributed by atoms with Gasteiger partial charge in [-0.2, -0.15) is 0 Å². The molecule has 0 bridgehead atoms. The van der Waals surface area contributed by atoms with E-state index in [0.717, 1.165) is 5.56 Å². The van der Waals surface area contributed by atoms with Crippen LogP contribution in [-0.4, -0.2) is 4.92 Å². The second-order valence-electron chi connectivity index (χ2n) is 5.14. The van der Waals surface area contributed by atoms with Gasteiger partial charge >= 0.3 is 11.3 Å². The number of nitrogens with one attached hydrogen (secondary N) is 1. The normalized spacial score (nSPS) is 12.0. The van der Waals surface area contributed by atoms with E-state index in [0.29, 0.717) is 11.0 Å². The maximum Gasteiger partial charge on any atom is 0.417 e. The molecule has 1 N–H and O–H groups in total. The molecule has 0 aliphatic carbocycles. The maximum atomic E-state index is 12.0. The van der Waals surface area contributed by atoms with Crippen LogP contribution in [0.2, 0.25) is 0 Å². The number of fused-ring (bicyclic) bond motifs is 1. The Morgan fingerprint density at radius 1 is 1.09 bits per heavy atom. The first-order valence-electron chi connectivity index (χ1n) is 7.09. The van der Waals surface area contributed by atoms with Crippen LogP contribution in [0.3, 0.4) is 0 Å². The molecule has 116 valence electrons. The summed E-state index contributed by atoms with van der Waals surface area (Å²) in [6.07, 6.45) is 0. The summed E-state index contributed by atoms with van der Waals surface area (Å²) in [5.41, 5.74) is -0.0915. The lowest BCUT2D eigenvalue weighted by Gasteiger charge is -2.16. The van der Waals surface area contributed by atoms with Crippen molar-refractivity contribution in [2.45, 2.75) is 13.0 Å². The first-order chi connectivity index (χ1) is 11.1. The van der Waals surface area contributed by atoms with Gasteiger partial charge in [0.2, 0.25) is 0 Å². The molecule has 1 atom stereocenters. The molecule has 0 fully saturated rings. The van der Waals surface area contributed by atoms with Crippen molar-refractivity contribution in [3.8, 4) is 0 Å². The van der Waals surface area contributed by atoms with Crippen LogP contribution in [0.1, 0.15) is 18.5 Å². The Morgan fingerprint density at radius 3 is 2.43 bits per heavy atom. The molecule has 0 saturated heterocycles. The van der Waals surface area contributed by atoms with Gasteiger partial charge in [0.1, 0.15) is 11.3 Å². The van der Waals surface area contributed by atoms with Gasteiger partial charge in [-0.05, 0) is 24.6 Å². The average molecular weight is 310 g/mol. The van der Waals surface area contributed by atoms with Gasteiger partial charge in [-0.1, -0.05) is 42.5 Å². The molecule has 6 heteroatoms. The molecular formula is C17H14N2O4. The molecule has 6 nitrogen and oxygen atoms in total. The van der Waals surface area contributed by atoms with Crippen molar-refractivity contribution in [2.24, 2.45) is 0 Å². The highest BCUT2D eigenvalue weighted by Gasteiger charge is 2.25. The van der Waals surface area contributed by atoms with Crippen molar-refractivity contribution in [1.82, 2.24) is 0 Å². The number of hydrogen-bond acceptors (Lipinski definition) is 5. The number of nitro groups is 1. The predicted molar refractivity (Wildman–Crippen MR) is 87.6 cm³/mol. The number of rotatable bonds is 4. The Balaban J connectivity index is 2.17. The molecule has 0 spiro atoms. The molecule has 0 amide bonds. The summed E-state index contributed by atoms with van der Waals surface area (Å²) in [5.74, 6) is 0. The largest absolute Gasteiger partial charge is 0.418 e. The number of benzene rings is 2. The van der Waals surface area contributed by atoms with Gasteiger partial charge in [0.25, 0.3) is 0 Å². The molecular weight excluding hydrogens is 296 g/mol. The van der Waals surface area contributed by atoms with Crippen molar-refractivity contribution < 1.29 is 9.34 Å². The molecule has 0 radical (unpaired) electrons. The molecule has 0 saturated carbocycles. The van der Waals surface area contributed by atoms with Crippen molar-refractivity contribution in [3.63, 3.8) is 0 Å². The summed E-state index contributed by atoms with van der Waals surface area (Å²) in [6.45, 7) is 1.88. The molecule has 2 aromatic carbocycles. The van der Waals surface area contributed by atoms with Crippen molar-refractivity contribution in [3.05, 3.63) is 80.7 Å². The lowest BCUT2D eigenvalue weighted by atomic mass is 10.1. The average Bonchev–Trinajstić information content (AvgIpc) is 2.55. The van der Waals surface area contributed by atoms with E-state index >= 15 is 0 Å². The lowest BCUT2D eigenvalue weighted by molar-refractivity contribution is -0.386. The first-order valence-corrected chi connectivity index (χ1v) is 7.09. The molecule has 0 aliphatic heterocycles. The highest BCUT2D eigenvalue weighted by molar-refractivity contribution is 5.94. The monoisotopic (exact) mass is 310 g/mol. The van der Waals surface area contributed by atoms with E-state index < -0.39 is 16.2 Å². The third-order valence-corrected chi connectivity index (χ3v) is 3.63. The highest BCUT2D eigenvalue weighted by atomic mass is 16.6. The third-order valence-electron chi connectivity index (χ3n) is 3.63. The number of nitrogens with zero attached hydrogens (tertiary/aromatic N) is 1. The zero-order valence-corrected chi connectivity index (χ0v) is 12.4. The maximum absolute atomic E-state index is 12.0. The van der Waals surface area contributed by atoms with E-state index in [1.165, 1.54) is 0 Å². The van der Waals surface area contributed by atoms with Crippen LogP contribution in [0.15, 0.2) is 63.8 Å². The summed E-state index contributed by atoms with van der Waals surface area (Å²) in [7, 11) is 0. The fourth-order valence-corrected chi connectivity index (χ4v) is 2.49. The van der Waals surface area contributed by atoms with Crippen molar-refractivity contribution >= 4 is 22.3 Å². The van der Waals surface area contributed by atoms with Gasteiger partial charge in [0.05, 0.1) is 4.92 Å². The summed E-state index contributed by atoms with van der Waals surface area (Å²) in [6, 6.07) is 16.0. The Morgan fingerprint density at radius 2 is 1.74 bits per heavy atom. The summed E-state index contributed by atoms with van der Waals surface area (Å²) < 4.78 is 5.04. The van der Waals surface area contributed by atoms with E-state index in [-0.39, 0.29) is 11.7 Å². The summed E-state index contributed by atoms with van der Waals surface area (Å²) in [4.78, 5) is 22.6. The van der Waals surface area contributed by atoms with E-state index in [9.17, 15) is 14.9 Å². The standard InChI is InChI=1S/C17H14N2O4/c1-11(12-7-3-2-4-8-12)18-15-13-9-5-6-10-14(13)23-17(20)16(15)19(21)22/h2-11,18H,1H3/t11-/m0/s1. The number of hydrogen-bond donors (Lipinski definition) is 1. The second kappa shape index (κ2) is 5.92. The molecule has 1 aromatic heterocycles. The Hall–Kier alpha value is -3.15. The van der Waals surface area contributed by atoms with Crippen LogP contribution < -0.4 is 10.9 Å². The van der Waals surface area contributed by atoms with Crippen LogP contribution >= 0.6 is 0 Å². The van der Waals surface area contributed by atoms with E-state index in [1.54, 1.807) is 24.3 Å². The molecule has 23 heavy (non-hydrogen) atoms. The third kappa shape index (κ3) is 2.78. The van der Waals surface area contributed by atoms with Gasteiger partial charge in [-0.3, -0.25) is 10.1 Å². The number of para-hydroxylation sites is 1. The van der Waals surface area contributed by atoms with Crippen LogP contribution in [0.4, 0.5) is 11.4 Å². The minimum Gasteiger partial charge on any atom is -0.418 e. The Kier molecular flexibility index (Phi) is 3.80. The zero-order valence-electron chi connectivity index (χ0n) is 12.4. The van der Waals surface area contributed by atoms with Crippen molar-refractivity contribution in [1.29, 1.82) is 0 Å². The van der Waals surface area contributed by atoms with Gasteiger partial charge < -0.3 is 9.73 Å². The van der Waals surface area contributed by atoms with Crippen molar-refractivity contribution in [2.75, 3.05) is 5.32 Å². The summed E-state index contributed by atoms with van der Waals surface area (Å²) in [5, 5.41) is 14.9. The predicted octanol–water partition coefficient (Wildman–Crippen LogP) is 3.87. The molecule has 3 aromatic rings. The SMILES string of the molecule is C[C@H](Nc1c([N+](=O)[O-])c(=O)oc2ccccc12)c1ccccc1. The molecule has 0 aliphatic rings. The smallest absolute Gasteiger partial charge is 0.417 e. The van der Waals surface area contributed by atoms with Gasteiger partial charge in [-0.15, -0.1) is 0 Å². The van der Waals surface area contributed by atoms with Gasteiger partial charge in [0, 0.05) is 11.4 Å². The quantitative estimate of drug-likeness (QED) is 0.449. The van der Waals surface area contributed by atoms with Crippen LogP contribution in [0.25, 0.3) is 11.0 Å². The second-order valence-corrected chi connectivity index (χ2v) is 5.14. The Labute approximate surface area is 131 Å². The van der Waals surface area contributed by atoms with Crippen LogP contribution in [0.5, 0.6) is 0 Å².